The second-order valence-corrected chi connectivity index (χ2v) is 5.37. The van der Waals surface area contributed by atoms with E-state index in [9.17, 15) is 4.79 Å². The van der Waals surface area contributed by atoms with Gasteiger partial charge in [0.1, 0.15) is 10.5 Å². The zero-order valence-electron chi connectivity index (χ0n) is 10.6. The summed E-state index contributed by atoms with van der Waals surface area (Å²) in [5.41, 5.74) is 1.45. The maximum absolute atomic E-state index is 12.4. The first-order chi connectivity index (χ1) is 9.16. The van der Waals surface area contributed by atoms with E-state index in [1.165, 1.54) is 0 Å². The van der Waals surface area contributed by atoms with Gasteiger partial charge >= 0.3 is 0 Å². The van der Waals surface area contributed by atoms with Gasteiger partial charge in [-0.05, 0) is 29.6 Å². The lowest BCUT2D eigenvalue weighted by atomic mass is 10.1. The number of para-hydroxylation sites is 1. The molecule has 3 aromatic rings. The third-order valence-corrected chi connectivity index (χ3v) is 3.66. The van der Waals surface area contributed by atoms with Crippen molar-refractivity contribution in [2.24, 2.45) is 0 Å². The molecule has 0 aliphatic rings. The zero-order chi connectivity index (χ0) is 13.4. The van der Waals surface area contributed by atoms with Crippen molar-refractivity contribution >= 4 is 28.3 Å². The lowest BCUT2D eigenvalue weighted by Gasteiger charge is -2.00. The number of hydrogen-bond acceptors (Lipinski definition) is 5. The average Bonchev–Trinajstić information content (AvgIpc) is 3.04. The summed E-state index contributed by atoms with van der Waals surface area (Å²) in [7, 11) is 0. The normalized spacial score (nSPS) is 11.3. The smallest absolute Gasteiger partial charge is 0.241 e. The van der Waals surface area contributed by atoms with Crippen LogP contribution in [0.3, 0.4) is 0 Å². The SMILES string of the molecule is CC(C)c1nnsc1C(=O)c1cc2ccccc2o1. The van der Waals surface area contributed by atoms with E-state index in [2.05, 4.69) is 9.59 Å². The Morgan fingerprint density at radius 2 is 2.11 bits per heavy atom. The molecule has 2 aromatic heterocycles. The summed E-state index contributed by atoms with van der Waals surface area (Å²) in [6, 6.07) is 9.33. The van der Waals surface area contributed by atoms with Crippen molar-refractivity contribution in [3.63, 3.8) is 0 Å². The van der Waals surface area contributed by atoms with E-state index in [1.807, 2.05) is 38.1 Å². The summed E-state index contributed by atoms with van der Waals surface area (Å²) >= 11 is 1.12. The van der Waals surface area contributed by atoms with E-state index in [-0.39, 0.29) is 11.7 Å². The molecule has 19 heavy (non-hydrogen) atoms. The van der Waals surface area contributed by atoms with Gasteiger partial charge in [-0.2, -0.15) is 0 Å². The molecule has 0 unspecified atom stereocenters. The van der Waals surface area contributed by atoms with Gasteiger partial charge in [0.2, 0.25) is 5.78 Å². The second kappa shape index (κ2) is 4.59. The number of hydrogen-bond donors (Lipinski definition) is 0. The monoisotopic (exact) mass is 272 g/mol. The number of carbonyl (C=O) groups is 1. The summed E-state index contributed by atoms with van der Waals surface area (Å²) < 4.78 is 9.46. The van der Waals surface area contributed by atoms with Crippen LogP contribution in [0.2, 0.25) is 0 Å². The van der Waals surface area contributed by atoms with Gasteiger partial charge in [0, 0.05) is 5.39 Å². The predicted octanol–water partition coefficient (Wildman–Crippen LogP) is 3.64. The molecule has 0 aliphatic carbocycles. The minimum absolute atomic E-state index is 0.144. The molecule has 3 rings (SSSR count). The van der Waals surface area contributed by atoms with Gasteiger partial charge in [-0.15, -0.1) is 5.10 Å². The van der Waals surface area contributed by atoms with Crippen LogP contribution in [0.15, 0.2) is 34.7 Å². The van der Waals surface area contributed by atoms with Crippen molar-refractivity contribution in [3.05, 3.63) is 46.7 Å². The van der Waals surface area contributed by atoms with Crippen LogP contribution in [-0.4, -0.2) is 15.4 Å². The van der Waals surface area contributed by atoms with Gasteiger partial charge in [-0.25, -0.2) is 0 Å². The number of rotatable bonds is 3. The van der Waals surface area contributed by atoms with Gasteiger partial charge in [0.05, 0.1) is 5.69 Å². The molecule has 4 nitrogen and oxygen atoms in total. The van der Waals surface area contributed by atoms with Crippen molar-refractivity contribution in [2.75, 3.05) is 0 Å². The molecule has 96 valence electrons. The maximum atomic E-state index is 12.4. The molecule has 0 fully saturated rings. The number of fused-ring (bicyclic) bond motifs is 1. The minimum atomic E-state index is -0.144. The summed E-state index contributed by atoms with van der Waals surface area (Å²) in [5, 5.41) is 4.95. The van der Waals surface area contributed by atoms with Crippen LogP contribution in [0.25, 0.3) is 11.0 Å². The summed E-state index contributed by atoms with van der Waals surface area (Å²) in [5.74, 6) is 0.367. The largest absolute Gasteiger partial charge is 0.453 e. The number of ketones is 1. The molecule has 0 aliphatic heterocycles. The van der Waals surface area contributed by atoms with Crippen LogP contribution >= 0.6 is 11.5 Å². The fourth-order valence-corrected chi connectivity index (χ4v) is 2.70. The van der Waals surface area contributed by atoms with Crippen LogP contribution in [0.5, 0.6) is 0 Å². The number of aromatic nitrogens is 2. The molecule has 0 radical (unpaired) electrons. The van der Waals surface area contributed by atoms with E-state index in [0.717, 1.165) is 28.2 Å². The zero-order valence-corrected chi connectivity index (χ0v) is 11.4. The molecule has 0 spiro atoms. The Labute approximate surface area is 114 Å². The highest BCUT2D eigenvalue weighted by molar-refractivity contribution is 7.08. The maximum Gasteiger partial charge on any atom is 0.241 e. The Kier molecular flexibility index (Phi) is 2.91. The number of nitrogens with zero attached hydrogens (tertiary/aromatic N) is 2. The van der Waals surface area contributed by atoms with Crippen LogP contribution in [0, 0.1) is 0 Å². The van der Waals surface area contributed by atoms with Crippen molar-refractivity contribution in [3.8, 4) is 0 Å². The van der Waals surface area contributed by atoms with Crippen LogP contribution in [-0.2, 0) is 0 Å². The van der Waals surface area contributed by atoms with Gasteiger partial charge in [-0.1, -0.05) is 36.5 Å². The number of carbonyl (C=O) groups excluding carboxylic acids is 1. The van der Waals surface area contributed by atoms with E-state index < -0.39 is 0 Å². The van der Waals surface area contributed by atoms with Crippen LogP contribution in [0.4, 0.5) is 0 Å². The molecule has 1 aromatic carbocycles. The molecule has 0 bridgehead atoms. The van der Waals surface area contributed by atoms with E-state index in [0.29, 0.717) is 10.6 Å². The third kappa shape index (κ3) is 2.06. The van der Waals surface area contributed by atoms with Gasteiger partial charge in [0.25, 0.3) is 0 Å². The first-order valence-corrected chi connectivity index (χ1v) is 6.79. The Morgan fingerprint density at radius 1 is 1.32 bits per heavy atom. The molecule has 5 heteroatoms. The quantitative estimate of drug-likeness (QED) is 0.683. The lowest BCUT2D eigenvalue weighted by Crippen LogP contribution is -2.02. The molecule has 0 atom stereocenters. The minimum Gasteiger partial charge on any atom is -0.453 e. The first-order valence-electron chi connectivity index (χ1n) is 6.02. The molecule has 2 heterocycles. The summed E-state index contributed by atoms with van der Waals surface area (Å²) in [4.78, 5) is 13.0. The van der Waals surface area contributed by atoms with Crippen LogP contribution in [0.1, 0.15) is 40.9 Å². The molecule has 0 N–H and O–H groups in total. The summed E-state index contributed by atoms with van der Waals surface area (Å²) in [6.45, 7) is 3.98. The van der Waals surface area contributed by atoms with Gasteiger partial charge in [-0.3, -0.25) is 4.79 Å². The topological polar surface area (TPSA) is 56.0 Å². The fourth-order valence-electron chi connectivity index (χ4n) is 1.94. The van der Waals surface area contributed by atoms with E-state index >= 15 is 0 Å². The Hall–Kier alpha value is -2.01. The number of furan rings is 1. The molecular weight excluding hydrogens is 260 g/mol. The van der Waals surface area contributed by atoms with Crippen molar-refractivity contribution < 1.29 is 9.21 Å². The predicted molar refractivity (Wildman–Crippen MR) is 73.6 cm³/mol. The second-order valence-electron chi connectivity index (χ2n) is 4.62. The first kappa shape index (κ1) is 12.0. The van der Waals surface area contributed by atoms with Gasteiger partial charge < -0.3 is 4.42 Å². The Bertz CT molecular complexity index is 710. The fraction of sp³-hybridized carbons (Fsp3) is 0.214. The average molecular weight is 272 g/mol. The van der Waals surface area contributed by atoms with Crippen molar-refractivity contribution in [2.45, 2.75) is 19.8 Å². The highest BCUT2D eigenvalue weighted by Gasteiger charge is 2.22. The Morgan fingerprint density at radius 3 is 2.84 bits per heavy atom. The van der Waals surface area contributed by atoms with E-state index in [4.69, 9.17) is 4.42 Å². The molecule has 0 saturated carbocycles. The number of benzene rings is 1. The van der Waals surface area contributed by atoms with Gasteiger partial charge in [0.15, 0.2) is 5.76 Å². The van der Waals surface area contributed by atoms with Crippen molar-refractivity contribution in [1.82, 2.24) is 9.59 Å². The van der Waals surface area contributed by atoms with E-state index in [1.54, 1.807) is 6.07 Å². The highest BCUT2D eigenvalue weighted by Crippen LogP contribution is 2.26. The third-order valence-electron chi connectivity index (χ3n) is 2.92. The molecule has 0 saturated heterocycles. The molecular formula is C14H12N2O2S. The summed E-state index contributed by atoms with van der Waals surface area (Å²) in [6.07, 6.45) is 0. The molecule has 0 amide bonds. The Balaban J connectivity index is 2.06. The highest BCUT2D eigenvalue weighted by atomic mass is 32.1. The van der Waals surface area contributed by atoms with Crippen molar-refractivity contribution in [1.29, 1.82) is 0 Å². The standard InChI is InChI=1S/C14H12N2O2S/c1-8(2)12-14(19-16-15-12)13(17)11-7-9-5-3-4-6-10(9)18-11/h3-8H,1-2H3. The van der Waals surface area contributed by atoms with Crippen LogP contribution < -0.4 is 0 Å². The lowest BCUT2D eigenvalue weighted by molar-refractivity contribution is 0.101.